The molecule has 1 aliphatic rings. The highest BCUT2D eigenvalue weighted by molar-refractivity contribution is 7.09. The van der Waals surface area contributed by atoms with Crippen LogP contribution in [0, 0.1) is 0 Å². The van der Waals surface area contributed by atoms with Crippen molar-refractivity contribution in [1.82, 2.24) is 10.2 Å². The van der Waals surface area contributed by atoms with E-state index in [0.29, 0.717) is 0 Å². The third-order valence-electron chi connectivity index (χ3n) is 3.41. The lowest BCUT2D eigenvalue weighted by molar-refractivity contribution is 0.335. The van der Waals surface area contributed by atoms with E-state index in [1.165, 1.54) is 69.7 Å². The van der Waals surface area contributed by atoms with Crippen LogP contribution in [0.15, 0.2) is 17.5 Å². The maximum absolute atomic E-state index is 3.55. The smallest absolute Gasteiger partial charge is 0.0107 e. The minimum absolute atomic E-state index is 1.17. The van der Waals surface area contributed by atoms with Crippen molar-refractivity contribution >= 4 is 11.3 Å². The summed E-state index contributed by atoms with van der Waals surface area (Å²) in [5.74, 6) is 0. The molecule has 0 aliphatic carbocycles. The Bertz CT molecular complexity index is 278. The highest BCUT2D eigenvalue weighted by Gasteiger charge is 2.09. The maximum Gasteiger partial charge on any atom is 0.0107 e. The van der Waals surface area contributed by atoms with E-state index in [0.717, 1.165) is 0 Å². The third-order valence-corrected chi connectivity index (χ3v) is 4.35. The second-order valence-electron chi connectivity index (χ2n) is 4.84. The van der Waals surface area contributed by atoms with Crippen molar-refractivity contribution < 1.29 is 0 Å². The molecule has 2 nitrogen and oxygen atoms in total. The molecular formula is C14H24N2S. The van der Waals surface area contributed by atoms with E-state index in [1.54, 1.807) is 0 Å². The molecule has 0 atom stereocenters. The number of nitrogens with one attached hydrogen (secondary N) is 1. The van der Waals surface area contributed by atoms with E-state index in [-0.39, 0.29) is 0 Å². The number of hydrogen-bond acceptors (Lipinski definition) is 3. The molecule has 0 aromatic carbocycles. The monoisotopic (exact) mass is 252 g/mol. The molecule has 0 spiro atoms. The van der Waals surface area contributed by atoms with Gasteiger partial charge in [0.2, 0.25) is 0 Å². The lowest BCUT2D eigenvalue weighted by Gasteiger charge is -2.14. The Labute approximate surface area is 109 Å². The fourth-order valence-electron chi connectivity index (χ4n) is 2.37. The minimum atomic E-state index is 1.17. The summed E-state index contributed by atoms with van der Waals surface area (Å²) in [5, 5.41) is 5.72. The Balaban J connectivity index is 1.39. The van der Waals surface area contributed by atoms with Gasteiger partial charge < -0.3 is 10.2 Å². The summed E-state index contributed by atoms with van der Waals surface area (Å²) in [7, 11) is 0. The molecule has 1 aromatic rings. The summed E-state index contributed by atoms with van der Waals surface area (Å²) >= 11 is 1.88. The van der Waals surface area contributed by atoms with E-state index < -0.39 is 0 Å². The van der Waals surface area contributed by atoms with Crippen LogP contribution in [0.4, 0.5) is 0 Å². The second-order valence-corrected chi connectivity index (χ2v) is 5.87. The number of nitrogens with zero attached hydrogens (tertiary/aromatic N) is 1. The van der Waals surface area contributed by atoms with Gasteiger partial charge in [-0.2, -0.15) is 0 Å². The summed E-state index contributed by atoms with van der Waals surface area (Å²) in [6, 6.07) is 4.39. The van der Waals surface area contributed by atoms with Crippen molar-refractivity contribution in [2.75, 3.05) is 32.7 Å². The van der Waals surface area contributed by atoms with Crippen molar-refractivity contribution in [1.29, 1.82) is 0 Å². The molecule has 1 fully saturated rings. The average Bonchev–Trinajstić information content (AvgIpc) is 3.00. The fraction of sp³-hybridized carbons (Fsp3) is 0.714. The SMILES string of the molecule is c1csc(CCCCNCCN2CCCC2)c1. The van der Waals surface area contributed by atoms with Crippen molar-refractivity contribution in [2.24, 2.45) is 0 Å². The molecule has 1 saturated heterocycles. The van der Waals surface area contributed by atoms with Gasteiger partial charge in [-0.3, -0.25) is 0 Å². The summed E-state index contributed by atoms with van der Waals surface area (Å²) in [6.45, 7) is 6.23. The van der Waals surface area contributed by atoms with Crippen LogP contribution in [-0.4, -0.2) is 37.6 Å². The third kappa shape index (κ3) is 5.19. The molecule has 1 aliphatic heterocycles. The van der Waals surface area contributed by atoms with Crippen LogP contribution < -0.4 is 5.32 Å². The number of rotatable bonds is 8. The van der Waals surface area contributed by atoms with Gasteiger partial charge in [0, 0.05) is 18.0 Å². The zero-order chi connectivity index (χ0) is 11.8. The van der Waals surface area contributed by atoms with Gasteiger partial charge in [-0.05, 0) is 63.2 Å². The van der Waals surface area contributed by atoms with Crippen molar-refractivity contribution in [3.05, 3.63) is 22.4 Å². The lowest BCUT2D eigenvalue weighted by atomic mass is 10.2. The molecule has 3 heteroatoms. The Morgan fingerprint density at radius 1 is 1.18 bits per heavy atom. The normalized spacial score (nSPS) is 16.7. The standard InChI is InChI=1S/C14H24N2S/c1(6-14-7-5-13-17-14)2-8-15-9-12-16-10-3-4-11-16/h5,7,13,15H,1-4,6,8-12H2. The highest BCUT2D eigenvalue weighted by Crippen LogP contribution is 2.11. The molecule has 2 heterocycles. The largest absolute Gasteiger partial charge is 0.315 e. The molecule has 17 heavy (non-hydrogen) atoms. The Kier molecular flexibility index (Phi) is 6.03. The van der Waals surface area contributed by atoms with E-state index in [1.807, 2.05) is 11.3 Å². The number of unbranched alkanes of at least 4 members (excludes halogenated alkanes) is 1. The van der Waals surface area contributed by atoms with E-state index in [2.05, 4.69) is 27.7 Å². The molecule has 2 rings (SSSR count). The summed E-state index contributed by atoms with van der Waals surface area (Å²) in [4.78, 5) is 4.10. The van der Waals surface area contributed by atoms with Gasteiger partial charge in [0.05, 0.1) is 0 Å². The number of aryl methyl sites for hydroxylation is 1. The van der Waals surface area contributed by atoms with E-state index >= 15 is 0 Å². The van der Waals surface area contributed by atoms with Crippen LogP contribution in [0.1, 0.15) is 30.6 Å². The quantitative estimate of drug-likeness (QED) is 0.716. The number of hydrogen-bond donors (Lipinski definition) is 1. The van der Waals surface area contributed by atoms with Crippen molar-refractivity contribution in [3.8, 4) is 0 Å². The van der Waals surface area contributed by atoms with Crippen LogP contribution in [0.3, 0.4) is 0 Å². The first kappa shape index (κ1) is 13.1. The Morgan fingerprint density at radius 3 is 2.82 bits per heavy atom. The van der Waals surface area contributed by atoms with Gasteiger partial charge in [0.1, 0.15) is 0 Å². The van der Waals surface area contributed by atoms with Crippen LogP contribution in [-0.2, 0) is 6.42 Å². The van der Waals surface area contributed by atoms with Gasteiger partial charge in [-0.15, -0.1) is 11.3 Å². The maximum atomic E-state index is 3.55. The zero-order valence-electron chi connectivity index (χ0n) is 10.7. The molecule has 96 valence electrons. The van der Waals surface area contributed by atoms with E-state index in [4.69, 9.17) is 0 Å². The molecule has 1 N–H and O–H groups in total. The fourth-order valence-corrected chi connectivity index (χ4v) is 3.12. The Hall–Kier alpha value is -0.380. The lowest BCUT2D eigenvalue weighted by Crippen LogP contribution is -2.30. The first-order valence-corrected chi connectivity index (χ1v) is 7.78. The minimum Gasteiger partial charge on any atom is -0.315 e. The summed E-state index contributed by atoms with van der Waals surface area (Å²) < 4.78 is 0. The predicted octanol–water partition coefficient (Wildman–Crippen LogP) is 2.76. The molecular weight excluding hydrogens is 228 g/mol. The molecule has 0 saturated carbocycles. The van der Waals surface area contributed by atoms with Crippen LogP contribution in [0.2, 0.25) is 0 Å². The van der Waals surface area contributed by atoms with Crippen molar-refractivity contribution in [2.45, 2.75) is 32.1 Å². The van der Waals surface area contributed by atoms with Crippen LogP contribution in [0.5, 0.6) is 0 Å². The number of thiophene rings is 1. The summed E-state index contributed by atoms with van der Waals surface area (Å²) in [5.41, 5.74) is 0. The van der Waals surface area contributed by atoms with Gasteiger partial charge >= 0.3 is 0 Å². The average molecular weight is 252 g/mol. The van der Waals surface area contributed by atoms with Crippen LogP contribution in [0.25, 0.3) is 0 Å². The van der Waals surface area contributed by atoms with Crippen molar-refractivity contribution in [3.63, 3.8) is 0 Å². The molecule has 0 amide bonds. The summed E-state index contributed by atoms with van der Waals surface area (Å²) in [6.07, 6.45) is 6.68. The topological polar surface area (TPSA) is 15.3 Å². The first-order valence-electron chi connectivity index (χ1n) is 6.90. The number of likely N-dealkylation sites (tertiary alicyclic amines) is 1. The second kappa shape index (κ2) is 7.85. The molecule has 0 bridgehead atoms. The molecule has 0 radical (unpaired) electrons. The Morgan fingerprint density at radius 2 is 2.06 bits per heavy atom. The first-order chi connectivity index (χ1) is 8.45. The molecule has 0 unspecified atom stereocenters. The van der Waals surface area contributed by atoms with Gasteiger partial charge in [-0.25, -0.2) is 0 Å². The predicted molar refractivity (Wildman–Crippen MR) is 75.8 cm³/mol. The van der Waals surface area contributed by atoms with Gasteiger partial charge in [-0.1, -0.05) is 6.07 Å². The molecule has 1 aromatic heterocycles. The van der Waals surface area contributed by atoms with E-state index in [9.17, 15) is 0 Å². The zero-order valence-corrected chi connectivity index (χ0v) is 11.5. The van der Waals surface area contributed by atoms with Gasteiger partial charge in [0.25, 0.3) is 0 Å². The van der Waals surface area contributed by atoms with Crippen LogP contribution >= 0.6 is 11.3 Å². The highest BCUT2D eigenvalue weighted by atomic mass is 32.1. The van der Waals surface area contributed by atoms with Gasteiger partial charge in [0.15, 0.2) is 0 Å².